The number of hydrogen-bond acceptors (Lipinski definition) is 1. The van der Waals surface area contributed by atoms with Crippen LogP contribution in [0, 0.1) is 0 Å². The van der Waals surface area contributed by atoms with Gasteiger partial charge in [-0.25, -0.2) is 5.11 Å². The van der Waals surface area contributed by atoms with Gasteiger partial charge in [0, 0.05) is 19.5 Å². The van der Waals surface area contributed by atoms with Gasteiger partial charge < -0.3 is 21.7 Å². The molecule has 0 saturated carbocycles. The van der Waals surface area contributed by atoms with Gasteiger partial charge in [-0.15, -0.1) is 0 Å². The molecular formula is C5H9BrO2Zn-. The van der Waals surface area contributed by atoms with Crippen LogP contribution in [0.3, 0.4) is 0 Å². The van der Waals surface area contributed by atoms with E-state index in [1.54, 1.807) is 13.8 Å². The first-order valence-electron chi connectivity index (χ1n) is 2.27. The van der Waals surface area contributed by atoms with Crippen LogP contribution < -0.4 is 17.0 Å². The monoisotopic (exact) mass is 244 g/mol. The minimum Gasteiger partial charge on any atom is -1.00 e. The fourth-order valence-electron chi connectivity index (χ4n) is 0.226. The van der Waals surface area contributed by atoms with Crippen molar-refractivity contribution in [2.24, 2.45) is 0 Å². The van der Waals surface area contributed by atoms with Crippen LogP contribution in [0.5, 0.6) is 0 Å². The zero-order valence-electron chi connectivity index (χ0n) is 5.69. The van der Waals surface area contributed by atoms with Crippen LogP contribution in [0.4, 0.5) is 0 Å². The van der Waals surface area contributed by atoms with Crippen LogP contribution in [0.25, 0.3) is 0 Å². The second kappa shape index (κ2) is 11.3. The van der Waals surface area contributed by atoms with Gasteiger partial charge in [0.25, 0.3) is 0 Å². The van der Waals surface area contributed by atoms with Crippen molar-refractivity contribution < 1.29 is 46.3 Å². The summed E-state index contributed by atoms with van der Waals surface area (Å²) < 4.78 is 4.50. The fraction of sp³-hybridized carbons (Fsp3) is 0.600. The smallest absolute Gasteiger partial charge is 0.326 e. The summed E-state index contributed by atoms with van der Waals surface area (Å²) in [5, 5.41) is 10.1. The van der Waals surface area contributed by atoms with Crippen molar-refractivity contribution in [3.63, 3.8) is 0 Å². The molecule has 0 amide bonds. The topological polar surface area (TPSA) is 29.1 Å². The largest absolute Gasteiger partial charge is 1.00 e. The first-order valence-corrected chi connectivity index (χ1v) is 2.27. The second-order valence-electron chi connectivity index (χ2n) is 1.04. The van der Waals surface area contributed by atoms with E-state index >= 15 is 0 Å². The van der Waals surface area contributed by atoms with Crippen molar-refractivity contribution >= 4 is 0 Å². The first-order chi connectivity index (χ1) is 3.31. The Morgan fingerprint density at radius 3 is 2.22 bits per heavy atom. The van der Waals surface area contributed by atoms with Crippen molar-refractivity contribution in [3.05, 3.63) is 12.0 Å². The number of ether oxygens (including phenoxy) is 1. The van der Waals surface area contributed by atoms with E-state index in [-0.39, 0.29) is 42.4 Å². The maximum absolute atomic E-state index is 10.1. The molecule has 2 nitrogen and oxygen atoms in total. The van der Waals surface area contributed by atoms with E-state index in [0.717, 1.165) is 0 Å². The minimum absolute atomic E-state index is 0. The summed E-state index contributed by atoms with van der Waals surface area (Å²) in [6, 6.07) is 0. The quantitative estimate of drug-likeness (QED) is 0.423. The summed E-state index contributed by atoms with van der Waals surface area (Å²) >= 11 is 0. The van der Waals surface area contributed by atoms with E-state index in [1.807, 2.05) is 0 Å². The van der Waals surface area contributed by atoms with Crippen LogP contribution >= 0.6 is 0 Å². The SMILES string of the molecule is CC=C([O])OCC.[Br-].[Zn]. The Bertz CT molecular complexity index is 75.4. The van der Waals surface area contributed by atoms with Gasteiger partial charge in [0.2, 0.25) is 0 Å². The molecule has 0 aliphatic heterocycles. The summed E-state index contributed by atoms with van der Waals surface area (Å²) in [6.07, 6.45) is 1.39. The van der Waals surface area contributed by atoms with Crippen molar-refractivity contribution in [1.29, 1.82) is 0 Å². The molecule has 0 aromatic carbocycles. The molecule has 0 rings (SSSR count). The summed E-state index contributed by atoms with van der Waals surface area (Å²) in [7, 11) is 0. The maximum atomic E-state index is 10.1. The summed E-state index contributed by atoms with van der Waals surface area (Å²) in [5.74, 6) is -0.248. The van der Waals surface area contributed by atoms with Gasteiger partial charge in [-0.05, 0) is 19.9 Å². The van der Waals surface area contributed by atoms with E-state index in [0.29, 0.717) is 6.61 Å². The van der Waals surface area contributed by atoms with Crippen LogP contribution in [-0.2, 0) is 29.3 Å². The Balaban J connectivity index is -0.000000180. The first kappa shape index (κ1) is 16.2. The van der Waals surface area contributed by atoms with Crippen molar-refractivity contribution in [3.8, 4) is 0 Å². The summed E-state index contributed by atoms with van der Waals surface area (Å²) in [4.78, 5) is 0. The molecule has 0 heterocycles. The van der Waals surface area contributed by atoms with E-state index in [1.165, 1.54) is 6.08 Å². The average molecular weight is 246 g/mol. The predicted octanol–water partition coefficient (Wildman–Crippen LogP) is -1.68. The molecular weight excluding hydrogens is 237 g/mol. The van der Waals surface area contributed by atoms with Gasteiger partial charge in [0.05, 0.1) is 6.61 Å². The van der Waals surface area contributed by atoms with Crippen LogP contribution in [0.2, 0.25) is 0 Å². The molecule has 9 heavy (non-hydrogen) atoms. The molecule has 0 atom stereocenters. The van der Waals surface area contributed by atoms with Gasteiger partial charge in [-0.2, -0.15) is 0 Å². The van der Waals surface area contributed by atoms with Gasteiger partial charge >= 0.3 is 5.95 Å². The standard InChI is InChI=1S/C5H9O2.BrH.Zn/c1-3-5(6)7-4-2;;/h3H,4H2,1-2H3;1H;/p-1. The van der Waals surface area contributed by atoms with Crippen molar-refractivity contribution in [2.45, 2.75) is 13.8 Å². The molecule has 0 aromatic heterocycles. The average Bonchev–Trinajstić information content (AvgIpc) is 1.68. The zero-order valence-corrected chi connectivity index (χ0v) is 10.2. The molecule has 0 aliphatic carbocycles. The van der Waals surface area contributed by atoms with E-state index < -0.39 is 0 Å². The van der Waals surface area contributed by atoms with Gasteiger partial charge in [-0.3, -0.25) is 0 Å². The number of halogens is 1. The molecule has 51 valence electrons. The minimum atomic E-state index is -0.248. The van der Waals surface area contributed by atoms with Gasteiger partial charge in [-0.1, -0.05) is 0 Å². The number of allylic oxidation sites excluding steroid dienone is 1. The fourth-order valence-corrected chi connectivity index (χ4v) is 0.226. The van der Waals surface area contributed by atoms with E-state index in [9.17, 15) is 5.11 Å². The Morgan fingerprint density at radius 1 is 1.67 bits per heavy atom. The molecule has 0 saturated heterocycles. The Labute approximate surface area is 78.8 Å². The van der Waals surface area contributed by atoms with Gasteiger partial charge in [0.1, 0.15) is 0 Å². The Morgan fingerprint density at radius 2 is 2.11 bits per heavy atom. The summed E-state index contributed by atoms with van der Waals surface area (Å²) in [6.45, 7) is 3.89. The molecule has 0 fully saturated rings. The molecule has 0 N–H and O–H groups in total. The third-order valence-corrected chi connectivity index (χ3v) is 0.522. The Kier molecular flexibility index (Phi) is 20.3. The van der Waals surface area contributed by atoms with Gasteiger partial charge in [0.15, 0.2) is 0 Å². The molecule has 0 aliphatic rings. The summed E-state index contributed by atoms with van der Waals surface area (Å²) in [5.41, 5.74) is 0. The maximum Gasteiger partial charge on any atom is 0.326 e. The molecule has 1 radical (unpaired) electrons. The molecule has 0 bridgehead atoms. The van der Waals surface area contributed by atoms with Crippen molar-refractivity contribution in [2.75, 3.05) is 6.61 Å². The van der Waals surface area contributed by atoms with Crippen LogP contribution in [0.15, 0.2) is 12.0 Å². The second-order valence-corrected chi connectivity index (χ2v) is 1.04. The van der Waals surface area contributed by atoms with Crippen LogP contribution in [0.1, 0.15) is 13.8 Å². The molecule has 0 aromatic rings. The molecule has 0 unspecified atom stereocenters. The van der Waals surface area contributed by atoms with Crippen LogP contribution in [-0.4, -0.2) is 6.61 Å². The zero-order chi connectivity index (χ0) is 5.70. The number of hydrogen-bond donors (Lipinski definition) is 0. The number of rotatable bonds is 2. The third-order valence-electron chi connectivity index (χ3n) is 0.522. The molecule has 0 spiro atoms. The molecule has 4 heteroatoms. The predicted molar refractivity (Wildman–Crippen MR) is 26.1 cm³/mol. The third kappa shape index (κ3) is 11.8. The Hall–Kier alpha value is 0.443. The van der Waals surface area contributed by atoms with E-state index in [4.69, 9.17) is 0 Å². The van der Waals surface area contributed by atoms with Crippen molar-refractivity contribution in [1.82, 2.24) is 0 Å². The normalized spacial score (nSPS) is 8.89. The van der Waals surface area contributed by atoms with E-state index in [2.05, 4.69) is 4.74 Å².